The smallest absolute Gasteiger partial charge is 0.0755 e. The predicted molar refractivity (Wildman–Crippen MR) is 85.0 cm³/mol. The topological polar surface area (TPSA) is 48.1 Å². The van der Waals surface area contributed by atoms with Crippen LogP contribution >= 0.6 is 0 Å². The number of fused-ring (bicyclic) bond motifs is 2. The monoisotopic (exact) mass is 276 g/mol. The van der Waals surface area contributed by atoms with E-state index in [9.17, 15) is 0 Å². The molecule has 0 atom stereocenters. The van der Waals surface area contributed by atoms with Crippen LogP contribution in [0.1, 0.15) is 11.3 Å². The summed E-state index contributed by atoms with van der Waals surface area (Å²) < 4.78 is 5.52. The summed E-state index contributed by atoms with van der Waals surface area (Å²) in [7, 11) is 0. The van der Waals surface area contributed by atoms with Crippen molar-refractivity contribution in [1.82, 2.24) is 4.98 Å². The maximum absolute atomic E-state index is 6.37. The molecule has 0 saturated carbocycles. The summed E-state index contributed by atoms with van der Waals surface area (Å²) >= 11 is 0. The first-order valence-electron chi connectivity index (χ1n) is 7.17. The van der Waals surface area contributed by atoms with Gasteiger partial charge in [0.05, 0.1) is 24.4 Å². The van der Waals surface area contributed by atoms with Gasteiger partial charge in [-0.25, -0.2) is 0 Å². The molecule has 1 aromatic heterocycles. The van der Waals surface area contributed by atoms with Crippen LogP contribution in [-0.2, 0) is 17.8 Å². The van der Waals surface area contributed by atoms with Crippen molar-refractivity contribution < 1.29 is 4.74 Å². The molecule has 1 aliphatic rings. The average molecular weight is 276 g/mol. The molecule has 3 nitrogen and oxygen atoms in total. The summed E-state index contributed by atoms with van der Waals surface area (Å²) in [4.78, 5) is 4.75. The molecule has 2 N–H and O–H groups in total. The summed E-state index contributed by atoms with van der Waals surface area (Å²) in [5.41, 5.74) is 12.6. The van der Waals surface area contributed by atoms with Gasteiger partial charge in [-0.05, 0) is 23.3 Å². The fraction of sp³-hybridized carbons (Fsp3) is 0.167. The SMILES string of the molecule is Nc1c2c(nc3ccc(-c4ccccc4)cc13)CCOC2. The lowest BCUT2D eigenvalue weighted by molar-refractivity contribution is 0.110. The van der Waals surface area contributed by atoms with Crippen LogP contribution in [-0.4, -0.2) is 11.6 Å². The third-order valence-electron chi connectivity index (χ3n) is 4.05. The van der Waals surface area contributed by atoms with E-state index in [1.54, 1.807) is 0 Å². The zero-order chi connectivity index (χ0) is 14.2. The average Bonchev–Trinajstić information content (AvgIpc) is 2.56. The number of nitrogen functional groups attached to an aromatic ring is 1. The number of hydrogen-bond acceptors (Lipinski definition) is 3. The van der Waals surface area contributed by atoms with Crippen molar-refractivity contribution in [3.05, 3.63) is 59.8 Å². The minimum absolute atomic E-state index is 0.569. The number of benzene rings is 2. The number of nitrogens with two attached hydrogens (primary N) is 1. The number of aromatic nitrogens is 1. The zero-order valence-electron chi connectivity index (χ0n) is 11.7. The van der Waals surface area contributed by atoms with Crippen molar-refractivity contribution in [2.45, 2.75) is 13.0 Å². The second kappa shape index (κ2) is 4.86. The maximum Gasteiger partial charge on any atom is 0.0755 e. The molecule has 21 heavy (non-hydrogen) atoms. The molecule has 4 rings (SSSR count). The Hall–Kier alpha value is -2.39. The largest absolute Gasteiger partial charge is 0.398 e. The second-order valence-corrected chi connectivity index (χ2v) is 5.35. The van der Waals surface area contributed by atoms with E-state index in [0.717, 1.165) is 46.4 Å². The highest BCUT2D eigenvalue weighted by molar-refractivity contribution is 5.95. The lowest BCUT2D eigenvalue weighted by atomic mass is 9.99. The number of anilines is 1. The third kappa shape index (κ3) is 2.06. The van der Waals surface area contributed by atoms with Gasteiger partial charge in [0.2, 0.25) is 0 Å². The van der Waals surface area contributed by atoms with Gasteiger partial charge in [0.15, 0.2) is 0 Å². The van der Waals surface area contributed by atoms with Gasteiger partial charge in [-0.2, -0.15) is 0 Å². The lowest BCUT2D eigenvalue weighted by Crippen LogP contribution is -2.14. The van der Waals surface area contributed by atoms with E-state index < -0.39 is 0 Å². The van der Waals surface area contributed by atoms with Gasteiger partial charge in [-0.1, -0.05) is 36.4 Å². The maximum atomic E-state index is 6.37. The molecular weight excluding hydrogens is 260 g/mol. The Bertz CT molecular complexity index is 812. The molecule has 0 radical (unpaired) electrons. The molecule has 104 valence electrons. The first kappa shape index (κ1) is 12.4. The fourth-order valence-corrected chi connectivity index (χ4v) is 2.90. The summed E-state index contributed by atoms with van der Waals surface area (Å²) in [5, 5.41) is 1.01. The number of hydrogen-bond donors (Lipinski definition) is 1. The van der Waals surface area contributed by atoms with Crippen LogP contribution in [0.4, 0.5) is 5.69 Å². The van der Waals surface area contributed by atoms with Gasteiger partial charge in [-0.3, -0.25) is 4.98 Å². The van der Waals surface area contributed by atoms with Crippen LogP contribution in [0, 0.1) is 0 Å². The standard InChI is InChI=1S/C18H16N2O/c19-18-14-10-13(12-4-2-1-3-5-12)6-7-16(14)20-17-8-9-21-11-15(17)18/h1-7,10H,8-9,11H2,(H2,19,20). The third-order valence-corrected chi connectivity index (χ3v) is 4.05. The highest BCUT2D eigenvalue weighted by Crippen LogP contribution is 2.32. The molecule has 0 aliphatic carbocycles. The molecule has 2 heterocycles. The Morgan fingerprint density at radius 3 is 2.71 bits per heavy atom. The molecule has 3 heteroatoms. The van der Waals surface area contributed by atoms with Crippen molar-refractivity contribution in [1.29, 1.82) is 0 Å². The number of pyridine rings is 1. The van der Waals surface area contributed by atoms with Gasteiger partial charge in [0.25, 0.3) is 0 Å². The Balaban J connectivity index is 1.93. The molecule has 3 aromatic rings. The van der Waals surface area contributed by atoms with Crippen molar-refractivity contribution in [2.75, 3.05) is 12.3 Å². The Kier molecular flexibility index (Phi) is 2.86. The Morgan fingerprint density at radius 2 is 1.86 bits per heavy atom. The fourth-order valence-electron chi connectivity index (χ4n) is 2.90. The van der Waals surface area contributed by atoms with Gasteiger partial charge in [-0.15, -0.1) is 0 Å². The van der Waals surface area contributed by atoms with Crippen molar-refractivity contribution in [3.63, 3.8) is 0 Å². The molecule has 0 bridgehead atoms. The van der Waals surface area contributed by atoms with E-state index in [4.69, 9.17) is 15.5 Å². The van der Waals surface area contributed by atoms with E-state index in [2.05, 4.69) is 30.3 Å². The molecule has 0 fully saturated rings. The van der Waals surface area contributed by atoms with Crippen LogP contribution in [0.15, 0.2) is 48.5 Å². The Labute approximate surface area is 123 Å². The molecule has 2 aromatic carbocycles. The summed E-state index contributed by atoms with van der Waals surface area (Å²) in [6, 6.07) is 16.6. The lowest BCUT2D eigenvalue weighted by Gasteiger charge is -2.19. The molecular formula is C18H16N2O. The van der Waals surface area contributed by atoms with E-state index in [1.807, 2.05) is 18.2 Å². The molecule has 0 unspecified atom stereocenters. The van der Waals surface area contributed by atoms with E-state index >= 15 is 0 Å². The minimum atomic E-state index is 0.569. The van der Waals surface area contributed by atoms with E-state index in [-0.39, 0.29) is 0 Å². The summed E-state index contributed by atoms with van der Waals surface area (Å²) in [6.45, 7) is 1.30. The molecule has 0 saturated heterocycles. The van der Waals surface area contributed by atoms with Crippen LogP contribution in [0.25, 0.3) is 22.0 Å². The second-order valence-electron chi connectivity index (χ2n) is 5.35. The van der Waals surface area contributed by atoms with Gasteiger partial charge in [0, 0.05) is 23.1 Å². The van der Waals surface area contributed by atoms with Crippen molar-refractivity contribution in [3.8, 4) is 11.1 Å². The summed E-state index contributed by atoms with van der Waals surface area (Å²) in [6.07, 6.45) is 0.843. The van der Waals surface area contributed by atoms with Crippen LogP contribution in [0.3, 0.4) is 0 Å². The molecule has 0 spiro atoms. The highest BCUT2D eigenvalue weighted by Gasteiger charge is 2.17. The van der Waals surface area contributed by atoms with Crippen molar-refractivity contribution in [2.24, 2.45) is 0 Å². The zero-order valence-corrected chi connectivity index (χ0v) is 11.7. The van der Waals surface area contributed by atoms with Gasteiger partial charge in [0.1, 0.15) is 0 Å². The number of ether oxygens (including phenoxy) is 1. The van der Waals surface area contributed by atoms with Gasteiger partial charge >= 0.3 is 0 Å². The summed E-state index contributed by atoms with van der Waals surface area (Å²) in [5.74, 6) is 0. The quantitative estimate of drug-likeness (QED) is 0.739. The van der Waals surface area contributed by atoms with E-state index in [1.165, 1.54) is 5.56 Å². The normalized spacial score (nSPS) is 14.1. The number of rotatable bonds is 1. The number of nitrogens with zero attached hydrogens (tertiary/aromatic N) is 1. The van der Waals surface area contributed by atoms with Crippen LogP contribution in [0.2, 0.25) is 0 Å². The van der Waals surface area contributed by atoms with E-state index in [0.29, 0.717) is 6.61 Å². The minimum Gasteiger partial charge on any atom is -0.398 e. The molecule has 1 aliphatic heterocycles. The van der Waals surface area contributed by atoms with Crippen LogP contribution < -0.4 is 5.73 Å². The van der Waals surface area contributed by atoms with Crippen LogP contribution in [0.5, 0.6) is 0 Å². The predicted octanol–water partition coefficient (Wildman–Crippen LogP) is 3.56. The Morgan fingerprint density at radius 1 is 1.00 bits per heavy atom. The van der Waals surface area contributed by atoms with Crippen molar-refractivity contribution >= 4 is 16.6 Å². The van der Waals surface area contributed by atoms with Gasteiger partial charge < -0.3 is 10.5 Å². The molecule has 0 amide bonds. The highest BCUT2D eigenvalue weighted by atomic mass is 16.5. The first-order chi connectivity index (χ1) is 10.3. The first-order valence-corrected chi connectivity index (χ1v) is 7.17.